The molecule has 0 aliphatic rings. The van der Waals surface area contributed by atoms with Crippen molar-refractivity contribution >= 4 is 11.8 Å². The molecule has 0 saturated carbocycles. The summed E-state index contributed by atoms with van der Waals surface area (Å²) >= 11 is 0. The molecule has 0 bridgehead atoms. The molecule has 5 nitrogen and oxygen atoms in total. The summed E-state index contributed by atoms with van der Waals surface area (Å²) in [6.45, 7) is 5.01. The van der Waals surface area contributed by atoms with Gasteiger partial charge in [-0.1, -0.05) is 89.0 Å². The molecule has 0 radical (unpaired) electrons. The molecule has 208 valence electrons. The van der Waals surface area contributed by atoms with E-state index < -0.39 is 0 Å². The number of carbonyl (C=O) groups excluding carboxylic acids is 2. The molecular weight excluding hydrogens is 484 g/mol. The van der Waals surface area contributed by atoms with E-state index in [1.54, 1.807) is 18.2 Å². The average molecular weight is 530 g/mol. The lowest BCUT2D eigenvalue weighted by molar-refractivity contribution is -0.679. The van der Waals surface area contributed by atoms with Crippen LogP contribution in [-0.2, 0) is 13.6 Å². The number of rotatable bonds is 16. The lowest BCUT2D eigenvalue weighted by Crippen LogP contribution is -2.42. The van der Waals surface area contributed by atoms with E-state index in [9.17, 15) is 9.59 Å². The maximum Gasteiger partial charge on any atom is 0.261 e. The molecule has 1 heterocycles. The van der Waals surface area contributed by atoms with Gasteiger partial charge in [-0.25, -0.2) is 4.57 Å². The van der Waals surface area contributed by atoms with Gasteiger partial charge in [0.25, 0.3) is 11.8 Å². The van der Waals surface area contributed by atoms with E-state index >= 15 is 0 Å². The zero-order valence-electron chi connectivity index (χ0n) is 24.0. The molecule has 3 aromatic rings. The summed E-state index contributed by atoms with van der Waals surface area (Å²) in [5, 5.41) is 0. The Hall–Kier alpha value is -3.47. The molecule has 3 rings (SSSR count). The molecule has 0 atom stereocenters. The van der Waals surface area contributed by atoms with Crippen LogP contribution in [0.1, 0.15) is 103 Å². The van der Waals surface area contributed by atoms with Crippen molar-refractivity contribution in [1.82, 2.24) is 4.90 Å². The Morgan fingerprint density at radius 1 is 0.769 bits per heavy atom. The molecule has 2 aromatic carbocycles. The number of unbranched alkanes of at least 4 members (excludes halogenated alkanes) is 9. The van der Waals surface area contributed by atoms with Gasteiger partial charge in [0.15, 0.2) is 6.20 Å². The van der Waals surface area contributed by atoms with Crippen LogP contribution in [0.5, 0.6) is 5.75 Å². The molecule has 0 aliphatic heterocycles. The Balaban J connectivity index is 1.57. The van der Waals surface area contributed by atoms with Gasteiger partial charge in [-0.3, -0.25) is 14.5 Å². The van der Waals surface area contributed by atoms with Crippen LogP contribution in [0.3, 0.4) is 0 Å². The van der Waals surface area contributed by atoms with Crippen molar-refractivity contribution in [2.75, 3.05) is 6.61 Å². The highest BCUT2D eigenvalue weighted by molar-refractivity contribution is 6.10. The van der Waals surface area contributed by atoms with Gasteiger partial charge < -0.3 is 4.74 Å². The van der Waals surface area contributed by atoms with E-state index in [-0.39, 0.29) is 18.4 Å². The van der Waals surface area contributed by atoms with Crippen LogP contribution in [-0.4, -0.2) is 23.3 Å². The molecule has 0 N–H and O–H groups in total. The molecular formula is C34H45N2O3+. The van der Waals surface area contributed by atoms with Crippen molar-refractivity contribution in [3.63, 3.8) is 0 Å². The summed E-state index contributed by atoms with van der Waals surface area (Å²) in [5.41, 5.74) is 2.65. The molecule has 2 amide bonds. The van der Waals surface area contributed by atoms with Crippen LogP contribution in [0.4, 0.5) is 0 Å². The number of imide groups is 1. The van der Waals surface area contributed by atoms with E-state index in [2.05, 4.69) is 6.92 Å². The van der Waals surface area contributed by atoms with Crippen LogP contribution in [0.2, 0.25) is 0 Å². The fourth-order valence-electron chi connectivity index (χ4n) is 4.75. The van der Waals surface area contributed by atoms with Gasteiger partial charge in [-0.2, -0.15) is 0 Å². The van der Waals surface area contributed by atoms with E-state index in [1.165, 1.54) is 62.7 Å². The van der Waals surface area contributed by atoms with Crippen molar-refractivity contribution in [2.45, 2.75) is 84.6 Å². The molecule has 1 aromatic heterocycles. The second kappa shape index (κ2) is 16.5. The maximum atomic E-state index is 13.7. The number of hydrogen-bond acceptors (Lipinski definition) is 3. The third-order valence-electron chi connectivity index (χ3n) is 7.19. The van der Waals surface area contributed by atoms with Gasteiger partial charge in [-0.15, -0.1) is 0 Å². The number of benzene rings is 2. The lowest BCUT2D eigenvalue weighted by Gasteiger charge is -2.21. The van der Waals surface area contributed by atoms with Gasteiger partial charge >= 0.3 is 0 Å². The first kappa shape index (κ1) is 30.1. The summed E-state index contributed by atoms with van der Waals surface area (Å²) in [5.74, 6) is 0.131. The number of pyridine rings is 1. The minimum atomic E-state index is -0.315. The lowest BCUT2D eigenvalue weighted by atomic mass is 10.1. The first-order chi connectivity index (χ1) is 19.0. The van der Waals surface area contributed by atoms with Crippen molar-refractivity contribution < 1.29 is 18.9 Å². The Morgan fingerprint density at radius 3 is 2.05 bits per heavy atom. The second-order valence-electron chi connectivity index (χ2n) is 10.4. The smallest absolute Gasteiger partial charge is 0.261 e. The van der Waals surface area contributed by atoms with Crippen molar-refractivity contribution in [2.24, 2.45) is 7.05 Å². The summed E-state index contributed by atoms with van der Waals surface area (Å²) in [6.07, 6.45) is 14.8. The molecule has 5 heteroatoms. The summed E-state index contributed by atoms with van der Waals surface area (Å²) in [4.78, 5) is 28.5. The summed E-state index contributed by atoms with van der Waals surface area (Å²) < 4.78 is 7.91. The fraction of sp³-hybridized carbons (Fsp3) is 0.441. The van der Waals surface area contributed by atoms with Crippen LogP contribution >= 0.6 is 0 Å². The number of nitrogens with zero attached hydrogens (tertiary/aromatic N) is 2. The minimum Gasteiger partial charge on any atom is -0.494 e. The largest absolute Gasteiger partial charge is 0.494 e. The highest BCUT2D eigenvalue weighted by Crippen LogP contribution is 2.21. The maximum absolute atomic E-state index is 13.7. The topological polar surface area (TPSA) is 50.5 Å². The van der Waals surface area contributed by atoms with Crippen LogP contribution in [0.15, 0.2) is 72.9 Å². The third kappa shape index (κ3) is 9.65. The minimum absolute atomic E-state index is 0.181. The highest BCUT2D eigenvalue weighted by atomic mass is 16.5. The highest BCUT2D eigenvalue weighted by Gasteiger charge is 2.28. The first-order valence-corrected chi connectivity index (χ1v) is 14.6. The monoisotopic (exact) mass is 529 g/mol. The molecule has 0 saturated heterocycles. The zero-order chi connectivity index (χ0) is 27.9. The standard InChI is InChI=1S/C34H45N2O3/c1-4-5-6-7-8-9-10-11-12-18-25-39-31-22-23-32(28(2)26-31)34(38)36(27-30-21-16-17-24-35(30)3)33(37)29-19-14-13-15-20-29/h13-17,19-24,26H,4-12,18,25,27H2,1-3H3/q+1. The van der Waals surface area contributed by atoms with Gasteiger partial charge in [0.05, 0.1) is 6.61 Å². The predicted molar refractivity (Wildman–Crippen MR) is 157 cm³/mol. The Labute approximate surface area is 234 Å². The van der Waals surface area contributed by atoms with E-state index in [4.69, 9.17) is 4.74 Å². The average Bonchev–Trinajstić information content (AvgIpc) is 2.95. The van der Waals surface area contributed by atoms with E-state index in [0.717, 1.165) is 23.4 Å². The number of amides is 2. The quantitative estimate of drug-likeness (QED) is 0.109. The second-order valence-corrected chi connectivity index (χ2v) is 10.4. The number of aryl methyl sites for hydroxylation is 2. The number of hydrogen-bond donors (Lipinski definition) is 0. The zero-order valence-corrected chi connectivity index (χ0v) is 24.0. The van der Waals surface area contributed by atoms with Gasteiger partial charge in [-0.05, 0) is 49.2 Å². The molecule has 39 heavy (non-hydrogen) atoms. The molecule has 0 aliphatic carbocycles. The number of carbonyl (C=O) groups is 2. The third-order valence-corrected chi connectivity index (χ3v) is 7.19. The first-order valence-electron chi connectivity index (χ1n) is 14.6. The van der Waals surface area contributed by atoms with Crippen LogP contribution < -0.4 is 9.30 Å². The van der Waals surface area contributed by atoms with E-state index in [1.807, 2.05) is 73.3 Å². The van der Waals surface area contributed by atoms with E-state index in [0.29, 0.717) is 17.7 Å². The van der Waals surface area contributed by atoms with Crippen molar-refractivity contribution in [1.29, 1.82) is 0 Å². The number of aromatic nitrogens is 1. The molecule has 0 unspecified atom stereocenters. The summed E-state index contributed by atoms with van der Waals surface area (Å²) in [7, 11) is 1.91. The summed E-state index contributed by atoms with van der Waals surface area (Å²) in [6, 6.07) is 20.2. The SMILES string of the molecule is CCCCCCCCCCCCOc1ccc(C(=O)N(Cc2cccc[n+]2C)C(=O)c2ccccc2)c(C)c1. The van der Waals surface area contributed by atoms with Gasteiger partial charge in [0, 0.05) is 23.3 Å². The van der Waals surface area contributed by atoms with Crippen LogP contribution in [0.25, 0.3) is 0 Å². The van der Waals surface area contributed by atoms with Gasteiger partial charge in [0.1, 0.15) is 19.3 Å². The Bertz CT molecular complexity index is 1180. The number of ether oxygens (including phenoxy) is 1. The Morgan fingerprint density at radius 2 is 1.41 bits per heavy atom. The van der Waals surface area contributed by atoms with Crippen LogP contribution in [0, 0.1) is 6.92 Å². The Kier molecular flexibility index (Phi) is 12.7. The molecule has 0 spiro atoms. The van der Waals surface area contributed by atoms with Crippen molar-refractivity contribution in [3.05, 3.63) is 95.3 Å². The fourth-order valence-corrected chi connectivity index (χ4v) is 4.75. The normalized spacial score (nSPS) is 10.8. The van der Waals surface area contributed by atoms with Crippen molar-refractivity contribution in [3.8, 4) is 5.75 Å². The van der Waals surface area contributed by atoms with Gasteiger partial charge in [0.2, 0.25) is 5.69 Å². The molecule has 0 fully saturated rings. The predicted octanol–water partition coefficient (Wildman–Crippen LogP) is 7.60.